The number of nitrogens with one attached hydrogen (secondary N) is 2. The number of nitrogens with zero attached hydrogens (tertiary/aromatic N) is 3. The number of piperidine rings is 1. The van der Waals surface area contributed by atoms with Crippen molar-refractivity contribution in [2.75, 3.05) is 46.8 Å². The molecule has 0 spiro atoms. The smallest absolute Gasteiger partial charge is 0.356 e. The molecule has 0 bridgehead atoms. The topological polar surface area (TPSA) is 77.0 Å². The first-order valence-electron chi connectivity index (χ1n) is 9.24. The molecule has 0 aromatic carbocycles. The van der Waals surface area contributed by atoms with E-state index < -0.39 is 15.5 Å². The third-order valence-electron chi connectivity index (χ3n) is 5.09. The minimum Gasteiger partial charge on any atom is -0.356 e. The molecule has 1 unspecified atom stereocenters. The van der Waals surface area contributed by atoms with Crippen molar-refractivity contribution in [2.45, 2.75) is 44.7 Å². The predicted molar refractivity (Wildman–Crippen MR) is 116 cm³/mol. The molecule has 1 aliphatic heterocycles. The predicted octanol–water partition coefficient (Wildman–Crippen LogP) is 2.06. The minimum absolute atomic E-state index is 0. The van der Waals surface area contributed by atoms with E-state index in [1.807, 2.05) is 0 Å². The molecule has 1 rings (SSSR count). The lowest BCUT2D eigenvalue weighted by Gasteiger charge is -2.31. The van der Waals surface area contributed by atoms with Crippen LogP contribution in [0.1, 0.15) is 33.1 Å². The van der Waals surface area contributed by atoms with Gasteiger partial charge in [0.15, 0.2) is 5.96 Å². The molecule has 0 saturated carbocycles. The zero-order valence-corrected chi connectivity index (χ0v) is 20.1. The van der Waals surface area contributed by atoms with Gasteiger partial charge in [-0.1, -0.05) is 6.92 Å². The number of hydrogen-bond acceptors (Lipinski definition) is 4. The lowest BCUT2D eigenvalue weighted by atomic mass is 9.98. The van der Waals surface area contributed by atoms with Gasteiger partial charge in [0.05, 0.1) is 0 Å². The summed E-state index contributed by atoms with van der Waals surface area (Å²) in [6.45, 7) is 6.21. The Hall–Kier alpha value is -0.340. The Balaban J connectivity index is 0.00000729. The van der Waals surface area contributed by atoms with Crippen molar-refractivity contribution in [2.24, 2.45) is 10.9 Å². The monoisotopic (exact) mass is 543 g/mol. The van der Waals surface area contributed by atoms with Crippen LogP contribution in [-0.2, 0) is 10.0 Å². The van der Waals surface area contributed by atoms with Gasteiger partial charge in [0.1, 0.15) is 0 Å². The third kappa shape index (κ3) is 8.19. The van der Waals surface area contributed by atoms with Crippen LogP contribution in [0.2, 0.25) is 0 Å². The molecule has 1 atom stereocenters. The Bertz CT molecular complexity index is 581. The second-order valence-electron chi connectivity index (χ2n) is 6.91. The highest BCUT2D eigenvalue weighted by molar-refractivity contribution is 14.0. The molecule has 1 aliphatic rings. The number of likely N-dealkylation sites (N-methyl/N-ethyl adjacent to an activating group) is 1. The molecule has 0 radical (unpaired) electrons. The Kier molecular flexibility index (Phi) is 12.2. The Labute approximate surface area is 183 Å². The molecular formula is C16H33F3IN5O2S. The van der Waals surface area contributed by atoms with E-state index in [2.05, 4.69) is 41.4 Å². The fourth-order valence-corrected chi connectivity index (χ4v) is 3.83. The van der Waals surface area contributed by atoms with Crippen molar-refractivity contribution < 1.29 is 21.6 Å². The molecule has 0 aromatic heterocycles. The molecule has 1 heterocycles. The van der Waals surface area contributed by atoms with E-state index in [1.54, 1.807) is 7.05 Å². The summed E-state index contributed by atoms with van der Waals surface area (Å²) in [4.78, 5) is 6.39. The number of sulfonamides is 1. The number of hydrogen-bond donors (Lipinski definition) is 2. The standard InChI is InChI=1S/C16H32F3N5O2S.HI/c1-5-13(2)23(4)11-8-21-15(20-3)22-12-14-6-9-24(10-7-14)27(25,26)16(17,18)19;/h13-14H,5-12H2,1-4H3,(H2,20,21,22);1H. The van der Waals surface area contributed by atoms with Crippen molar-refractivity contribution in [3.63, 3.8) is 0 Å². The number of aliphatic imine (C=N–C) groups is 1. The van der Waals surface area contributed by atoms with Crippen molar-refractivity contribution >= 4 is 40.0 Å². The van der Waals surface area contributed by atoms with Crippen LogP contribution in [0.4, 0.5) is 13.2 Å². The second kappa shape index (κ2) is 12.4. The van der Waals surface area contributed by atoms with E-state index in [9.17, 15) is 21.6 Å². The zero-order chi connectivity index (χ0) is 20.7. The molecule has 2 N–H and O–H groups in total. The van der Waals surface area contributed by atoms with Gasteiger partial charge in [-0.2, -0.15) is 17.5 Å². The van der Waals surface area contributed by atoms with Gasteiger partial charge < -0.3 is 15.5 Å². The van der Waals surface area contributed by atoms with Gasteiger partial charge in [0.25, 0.3) is 0 Å². The summed E-state index contributed by atoms with van der Waals surface area (Å²) in [5.74, 6) is 0.740. The first-order valence-corrected chi connectivity index (χ1v) is 10.7. The van der Waals surface area contributed by atoms with E-state index in [-0.39, 0.29) is 43.0 Å². The Morgan fingerprint density at radius 1 is 1.29 bits per heavy atom. The maximum atomic E-state index is 12.6. The van der Waals surface area contributed by atoms with Gasteiger partial charge >= 0.3 is 15.5 Å². The SMILES string of the molecule is CCC(C)N(C)CCNC(=NC)NCC1CCN(S(=O)(=O)C(F)(F)F)CC1.I. The van der Waals surface area contributed by atoms with Crippen molar-refractivity contribution in [3.8, 4) is 0 Å². The lowest BCUT2D eigenvalue weighted by Crippen LogP contribution is -2.47. The lowest BCUT2D eigenvalue weighted by molar-refractivity contribution is -0.0496. The van der Waals surface area contributed by atoms with Crippen molar-refractivity contribution in [1.29, 1.82) is 0 Å². The van der Waals surface area contributed by atoms with Crippen LogP contribution in [0.25, 0.3) is 0 Å². The highest BCUT2D eigenvalue weighted by Crippen LogP contribution is 2.30. The summed E-state index contributed by atoms with van der Waals surface area (Å²) in [6, 6.07) is 0.500. The summed E-state index contributed by atoms with van der Waals surface area (Å²) < 4.78 is 61.2. The van der Waals surface area contributed by atoms with Crippen LogP contribution in [0.15, 0.2) is 4.99 Å². The molecule has 12 heteroatoms. The molecule has 0 aliphatic carbocycles. The molecule has 1 saturated heterocycles. The number of rotatable bonds is 8. The van der Waals surface area contributed by atoms with E-state index in [0.717, 1.165) is 19.5 Å². The second-order valence-corrected chi connectivity index (χ2v) is 8.84. The number of halogens is 4. The largest absolute Gasteiger partial charge is 0.511 e. The molecule has 0 aromatic rings. The molecule has 28 heavy (non-hydrogen) atoms. The normalized spacial score (nSPS) is 18.6. The van der Waals surface area contributed by atoms with E-state index in [4.69, 9.17) is 0 Å². The van der Waals surface area contributed by atoms with Gasteiger partial charge in [-0.15, -0.1) is 24.0 Å². The maximum absolute atomic E-state index is 12.6. The van der Waals surface area contributed by atoms with Gasteiger partial charge in [-0.25, -0.2) is 8.42 Å². The van der Waals surface area contributed by atoms with Crippen LogP contribution in [-0.4, -0.2) is 82.0 Å². The average Bonchev–Trinajstić information content (AvgIpc) is 2.62. The van der Waals surface area contributed by atoms with Crippen molar-refractivity contribution in [1.82, 2.24) is 19.8 Å². The first kappa shape index (κ1) is 27.7. The average molecular weight is 543 g/mol. The van der Waals surface area contributed by atoms with Gasteiger partial charge in [0, 0.05) is 45.8 Å². The van der Waals surface area contributed by atoms with Gasteiger partial charge in [0.2, 0.25) is 0 Å². The Morgan fingerprint density at radius 2 is 1.86 bits per heavy atom. The van der Waals surface area contributed by atoms with E-state index >= 15 is 0 Å². The van der Waals surface area contributed by atoms with Crippen LogP contribution in [0.5, 0.6) is 0 Å². The van der Waals surface area contributed by atoms with E-state index in [1.165, 1.54) is 0 Å². The van der Waals surface area contributed by atoms with Gasteiger partial charge in [-0.05, 0) is 39.2 Å². The van der Waals surface area contributed by atoms with Gasteiger partial charge in [-0.3, -0.25) is 4.99 Å². The Morgan fingerprint density at radius 3 is 2.32 bits per heavy atom. The summed E-state index contributed by atoms with van der Waals surface area (Å²) in [6.07, 6.45) is 1.85. The molecular weight excluding hydrogens is 510 g/mol. The van der Waals surface area contributed by atoms with Crippen molar-refractivity contribution in [3.05, 3.63) is 0 Å². The fourth-order valence-electron chi connectivity index (χ4n) is 2.84. The molecule has 0 amide bonds. The summed E-state index contributed by atoms with van der Waals surface area (Å²) in [7, 11) is -1.49. The zero-order valence-electron chi connectivity index (χ0n) is 16.9. The molecule has 1 fully saturated rings. The molecule has 168 valence electrons. The molecule has 7 nitrogen and oxygen atoms in total. The number of guanidine groups is 1. The minimum atomic E-state index is -5.23. The fraction of sp³-hybridized carbons (Fsp3) is 0.938. The highest BCUT2D eigenvalue weighted by atomic mass is 127. The summed E-state index contributed by atoms with van der Waals surface area (Å²) in [5.41, 5.74) is -5.23. The van der Waals surface area contributed by atoms with Crippen LogP contribution < -0.4 is 10.6 Å². The number of alkyl halides is 3. The third-order valence-corrected chi connectivity index (χ3v) is 6.72. The quantitative estimate of drug-likeness (QED) is 0.279. The summed E-state index contributed by atoms with van der Waals surface area (Å²) >= 11 is 0. The van der Waals surface area contributed by atoms with E-state index in [0.29, 0.717) is 35.7 Å². The van der Waals surface area contributed by atoms with Crippen LogP contribution >= 0.6 is 24.0 Å². The van der Waals surface area contributed by atoms with Crippen LogP contribution in [0, 0.1) is 5.92 Å². The maximum Gasteiger partial charge on any atom is 0.511 e. The summed E-state index contributed by atoms with van der Waals surface area (Å²) in [5, 5.41) is 6.38. The highest BCUT2D eigenvalue weighted by Gasteiger charge is 2.50. The first-order chi connectivity index (χ1) is 12.5. The van der Waals surface area contributed by atoms with Crippen LogP contribution in [0.3, 0.4) is 0 Å².